The minimum atomic E-state index is -0.815. The first kappa shape index (κ1) is 21.3. The van der Waals surface area contributed by atoms with E-state index in [9.17, 15) is 19.6 Å². The molecule has 3 heterocycles. The molecule has 10 heteroatoms. The Labute approximate surface area is 193 Å². The van der Waals surface area contributed by atoms with Crippen LogP contribution in [0.1, 0.15) is 18.5 Å². The molecule has 1 aliphatic heterocycles. The number of phenolic OH excluding ortho intramolecular Hbond substituents is 1. The smallest absolute Gasteiger partial charge is 0.244 e. The second kappa shape index (κ2) is 8.12. The fourth-order valence-electron chi connectivity index (χ4n) is 4.40. The van der Waals surface area contributed by atoms with Gasteiger partial charge in [-0.1, -0.05) is 18.2 Å². The van der Waals surface area contributed by atoms with E-state index in [1.54, 1.807) is 16.5 Å². The second-order valence-corrected chi connectivity index (χ2v) is 8.24. The van der Waals surface area contributed by atoms with Crippen LogP contribution in [0, 0.1) is 23.1 Å². The van der Waals surface area contributed by atoms with Crippen LogP contribution < -0.4 is 10.6 Å². The van der Waals surface area contributed by atoms with E-state index in [0.717, 1.165) is 17.3 Å². The van der Waals surface area contributed by atoms with Gasteiger partial charge in [0.15, 0.2) is 5.65 Å². The highest BCUT2D eigenvalue weighted by molar-refractivity contribution is 5.99. The van der Waals surface area contributed by atoms with Crippen LogP contribution in [0.4, 0.5) is 15.9 Å². The summed E-state index contributed by atoms with van der Waals surface area (Å²) in [6.45, 7) is 1.83. The van der Waals surface area contributed by atoms with Gasteiger partial charge in [-0.05, 0) is 37.1 Å². The molecular formula is C24H20FN7O2. The van der Waals surface area contributed by atoms with E-state index >= 15 is 0 Å². The van der Waals surface area contributed by atoms with Gasteiger partial charge >= 0.3 is 0 Å². The Kier molecular flexibility index (Phi) is 5.09. The van der Waals surface area contributed by atoms with Gasteiger partial charge in [0.1, 0.15) is 35.3 Å². The van der Waals surface area contributed by atoms with Crippen molar-refractivity contribution in [3.63, 3.8) is 0 Å². The molecule has 0 saturated heterocycles. The van der Waals surface area contributed by atoms with Gasteiger partial charge in [0.25, 0.3) is 0 Å². The highest BCUT2D eigenvalue weighted by Crippen LogP contribution is 2.37. The summed E-state index contributed by atoms with van der Waals surface area (Å²) in [5.41, 5.74) is 8.92. The van der Waals surface area contributed by atoms with Crippen molar-refractivity contribution in [3.8, 4) is 23.1 Å². The molecule has 9 nitrogen and oxygen atoms in total. The summed E-state index contributed by atoms with van der Waals surface area (Å²) in [4.78, 5) is 23.1. The number of nitrogens with two attached hydrogens (primary N) is 1. The number of aromatic nitrogens is 4. The summed E-state index contributed by atoms with van der Waals surface area (Å²) in [5.74, 6) is -1.83. The number of nitriles is 1. The Morgan fingerprint density at radius 3 is 2.85 bits per heavy atom. The predicted octanol–water partition coefficient (Wildman–Crippen LogP) is 3.21. The Morgan fingerprint density at radius 2 is 2.09 bits per heavy atom. The fraction of sp³-hybridized carbons (Fsp3) is 0.208. The molecule has 0 fully saturated rings. The largest absolute Gasteiger partial charge is 0.508 e. The molecule has 3 N–H and O–H groups in total. The third-order valence-electron chi connectivity index (χ3n) is 5.98. The van der Waals surface area contributed by atoms with Crippen molar-refractivity contribution in [1.82, 2.24) is 19.7 Å². The molecule has 2 atom stereocenters. The molecular weight excluding hydrogens is 437 g/mol. The molecule has 2 unspecified atom stereocenters. The number of aromatic hydroxyl groups is 1. The van der Waals surface area contributed by atoms with Crippen molar-refractivity contribution in [1.29, 1.82) is 5.26 Å². The summed E-state index contributed by atoms with van der Waals surface area (Å²) in [6.07, 6.45) is 1.87. The van der Waals surface area contributed by atoms with E-state index < -0.39 is 11.7 Å². The minimum absolute atomic E-state index is 0.164. The molecule has 0 saturated carbocycles. The van der Waals surface area contributed by atoms with Crippen LogP contribution in [-0.2, 0) is 11.2 Å². The van der Waals surface area contributed by atoms with Gasteiger partial charge in [0.05, 0.1) is 17.5 Å². The van der Waals surface area contributed by atoms with Crippen LogP contribution >= 0.6 is 0 Å². The summed E-state index contributed by atoms with van der Waals surface area (Å²) in [7, 11) is 0. The zero-order valence-electron chi connectivity index (χ0n) is 18.2. The van der Waals surface area contributed by atoms with E-state index in [4.69, 9.17) is 10.8 Å². The number of rotatable bonds is 3. The van der Waals surface area contributed by atoms with Gasteiger partial charge in [-0.15, -0.1) is 0 Å². The maximum Gasteiger partial charge on any atom is 0.244 e. The molecule has 170 valence electrons. The third kappa shape index (κ3) is 3.47. The first-order valence-electron chi connectivity index (χ1n) is 10.6. The Bertz CT molecular complexity index is 1460. The minimum Gasteiger partial charge on any atom is -0.508 e. The van der Waals surface area contributed by atoms with Crippen molar-refractivity contribution in [2.75, 3.05) is 17.2 Å². The Balaban J connectivity index is 1.67. The number of carbonyl (C=O) groups excluding carboxylic acids is 1. The van der Waals surface area contributed by atoms with E-state index in [-0.39, 0.29) is 30.1 Å². The quantitative estimate of drug-likeness (QED) is 0.482. The number of nitrogen functional groups attached to an aromatic ring is 1. The van der Waals surface area contributed by atoms with Gasteiger partial charge < -0.3 is 15.7 Å². The Hall–Kier alpha value is -4.52. The normalized spacial score (nSPS) is 16.1. The van der Waals surface area contributed by atoms with E-state index in [2.05, 4.69) is 9.97 Å². The highest BCUT2D eigenvalue weighted by Gasteiger charge is 2.33. The number of carbonyl (C=O) groups is 1. The molecule has 0 bridgehead atoms. The summed E-state index contributed by atoms with van der Waals surface area (Å²) < 4.78 is 15.7. The molecule has 0 radical (unpaired) electrons. The molecule has 4 aromatic rings. The molecule has 0 aliphatic carbocycles. The molecule has 1 amide bonds. The average Bonchev–Trinajstić information content (AvgIpc) is 3.23. The van der Waals surface area contributed by atoms with Crippen molar-refractivity contribution < 1.29 is 14.3 Å². The zero-order chi connectivity index (χ0) is 24.0. The first-order valence-corrected chi connectivity index (χ1v) is 10.6. The number of nitrogens with zero attached hydrogens (tertiary/aromatic N) is 6. The number of hydrogen-bond donors (Lipinski definition) is 2. The van der Waals surface area contributed by atoms with Crippen LogP contribution in [0.15, 0.2) is 48.8 Å². The lowest BCUT2D eigenvalue weighted by atomic mass is 9.96. The number of amides is 1. The number of halogens is 1. The van der Waals surface area contributed by atoms with Gasteiger partial charge in [-0.25, -0.2) is 19.0 Å². The molecule has 2 aromatic carbocycles. The lowest BCUT2D eigenvalue weighted by Crippen LogP contribution is -2.43. The van der Waals surface area contributed by atoms with E-state index in [1.165, 1.54) is 18.5 Å². The number of anilines is 2. The summed E-state index contributed by atoms with van der Waals surface area (Å²) in [5, 5.41) is 24.4. The lowest BCUT2D eigenvalue weighted by molar-refractivity contribution is -0.120. The van der Waals surface area contributed by atoms with E-state index in [1.807, 2.05) is 30.3 Å². The van der Waals surface area contributed by atoms with Gasteiger partial charge in [-0.3, -0.25) is 4.79 Å². The number of para-hydroxylation sites is 1. The molecule has 5 rings (SSSR count). The summed E-state index contributed by atoms with van der Waals surface area (Å²) >= 11 is 0. The fourth-order valence-corrected chi connectivity index (χ4v) is 4.40. The van der Waals surface area contributed by atoms with Gasteiger partial charge in [0, 0.05) is 23.9 Å². The van der Waals surface area contributed by atoms with Crippen LogP contribution in [0.5, 0.6) is 5.75 Å². The van der Waals surface area contributed by atoms with Crippen LogP contribution in [0.25, 0.3) is 22.3 Å². The van der Waals surface area contributed by atoms with Crippen LogP contribution in [0.3, 0.4) is 0 Å². The highest BCUT2D eigenvalue weighted by atomic mass is 19.1. The summed E-state index contributed by atoms with van der Waals surface area (Å²) in [6, 6.07) is 12.8. The predicted molar refractivity (Wildman–Crippen MR) is 123 cm³/mol. The second-order valence-electron chi connectivity index (χ2n) is 8.24. The number of fused-ring (bicyclic) bond motifs is 2. The Morgan fingerprint density at radius 1 is 1.29 bits per heavy atom. The van der Waals surface area contributed by atoms with Gasteiger partial charge in [0.2, 0.25) is 5.91 Å². The zero-order valence-corrected chi connectivity index (χ0v) is 18.2. The van der Waals surface area contributed by atoms with Crippen LogP contribution in [-0.4, -0.2) is 37.3 Å². The lowest BCUT2D eigenvalue weighted by Gasteiger charge is -2.35. The molecule has 2 aromatic heterocycles. The van der Waals surface area contributed by atoms with Crippen molar-refractivity contribution >= 4 is 28.4 Å². The standard InChI is InChI=1S/C24H20FN7O2/c1-13(10-26)24(34)31-11-17(7-14-4-2-3-5-19(14)31)32-23-20(22(27)28-12-29-23)21(30-32)15-6-16(25)9-18(33)8-15/h2-6,8-9,12-13,17,33H,7,11H2,1H3,(H2,27,28,29). The monoisotopic (exact) mass is 457 g/mol. The average molecular weight is 457 g/mol. The number of phenols is 1. The van der Waals surface area contributed by atoms with Crippen LogP contribution in [0.2, 0.25) is 0 Å². The maximum absolute atomic E-state index is 14.1. The molecule has 1 aliphatic rings. The SMILES string of the molecule is CC(C#N)C(=O)N1CC(n2nc(-c3cc(O)cc(F)c3)c3c(N)ncnc32)Cc2ccccc21. The van der Waals surface area contributed by atoms with Gasteiger partial charge in [-0.2, -0.15) is 10.4 Å². The van der Waals surface area contributed by atoms with Crippen molar-refractivity contribution in [2.24, 2.45) is 5.92 Å². The first-order chi connectivity index (χ1) is 16.4. The third-order valence-corrected chi connectivity index (χ3v) is 5.98. The molecule has 0 spiro atoms. The number of benzene rings is 2. The maximum atomic E-state index is 14.1. The number of hydrogen-bond acceptors (Lipinski definition) is 7. The van der Waals surface area contributed by atoms with Crippen molar-refractivity contribution in [3.05, 3.63) is 60.2 Å². The molecule has 34 heavy (non-hydrogen) atoms. The van der Waals surface area contributed by atoms with E-state index in [0.29, 0.717) is 28.7 Å². The topological polar surface area (TPSA) is 134 Å². The van der Waals surface area contributed by atoms with Crippen molar-refractivity contribution in [2.45, 2.75) is 19.4 Å².